The van der Waals surface area contributed by atoms with Crippen molar-refractivity contribution in [2.45, 2.75) is 116 Å². The quantitative estimate of drug-likeness (QED) is 0.0978. The predicted molar refractivity (Wildman–Crippen MR) is 142 cm³/mol. The lowest BCUT2D eigenvalue weighted by molar-refractivity contribution is -0.903. The molecule has 196 valence electrons. The zero-order chi connectivity index (χ0) is 25.9. The summed E-state index contributed by atoms with van der Waals surface area (Å²) in [6, 6.07) is 8.69. The van der Waals surface area contributed by atoms with Crippen LogP contribution in [-0.4, -0.2) is 44.1 Å². The Bertz CT molecular complexity index is 769. The molecule has 1 rings (SSSR count). The van der Waals surface area contributed by atoms with Crippen LogP contribution in [0.4, 0.5) is 0 Å². The SMILES string of the molecule is CC(C)c1ccccc1S(=O)(=O)[O-].CCCCCCCC[N+](C)(CC#N)CCCCCCCC. The van der Waals surface area contributed by atoms with E-state index in [-0.39, 0.29) is 10.8 Å². The molecule has 0 unspecified atom stereocenters. The highest BCUT2D eigenvalue weighted by molar-refractivity contribution is 7.85. The standard InChI is InChI=1S/C19H39N2.C9H12O3S/c1-4-6-8-10-12-14-17-21(3,19-16-20)18-15-13-11-9-7-5-2;1-7(2)8-5-3-4-6-9(8)13(10,11)12/h4-15,17-19H2,1-3H3;3-7H,1-2H3,(H,10,11,12)/q+1;/p-1. The van der Waals surface area contributed by atoms with Crippen LogP contribution in [0.5, 0.6) is 0 Å². The predicted octanol–water partition coefficient (Wildman–Crippen LogP) is 7.39. The summed E-state index contributed by atoms with van der Waals surface area (Å²) >= 11 is 0. The van der Waals surface area contributed by atoms with Gasteiger partial charge in [0.25, 0.3) is 0 Å². The number of nitriles is 1. The van der Waals surface area contributed by atoms with Gasteiger partial charge in [-0.3, -0.25) is 0 Å². The van der Waals surface area contributed by atoms with E-state index >= 15 is 0 Å². The van der Waals surface area contributed by atoms with Gasteiger partial charge in [0.15, 0.2) is 6.54 Å². The molecule has 0 bridgehead atoms. The van der Waals surface area contributed by atoms with Crippen molar-refractivity contribution >= 4 is 10.1 Å². The fraction of sp³-hybridized carbons (Fsp3) is 0.750. The Morgan fingerprint density at radius 1 is 0.853 bits per heavy atom. The molecule has 0 saturated carbocycles. The fourth-order valence-electron chi connectivity index (χ4n) is 4.17. The number of quaternary nitrogens is 1. The lowest BCUT2D eigenvalue weighted by Gasteiger charge is -2.32. The van der Waals surface area contributed by atoms with E-state index in [1.165, 1.54) is 96.2 Å². The van der Waals surface area contributed by atoms with Crippen molar-refractivity contribution in [3.8, 4) is 6.07 Å². The minimum absolute atomic E-state index is 0.0416. The summed E-state index contributed by atoms with van der Waals surface area (Å²) in [5, 5.41) is 9.08. The first-order valence-corrected chi connectivity index (χ1v) is 14.8. The molecule has 0 aromatic heterocycles. The molecule has 0 saturated heterocycles. The second-order valence-electron chi connectivity index (χ2n) is 10.1. The van der Waals surface area contributed by atoms with Crippen molar-refractivity contribution < 1.29 is 17.5 Å². The first-order valence-electron chi connectivity index (χ1n) is 13.4. The highest BCUT2D eigenvalue weighted by Crippen LogP contribution is 2.22. The van der Waals surface area contributed by atoms with Crippen molar-refractivity contribution in [2.24, 2.45) is 0 Å². The normalized spacial score (nSPS) is 11.7. The third kappa shape index (κ3) is 15.5. The Morgan fingerprint density at radius 3 is 1.68 bits per heavy atom. The second kappa shape index (κ2) is 18.9. The molecule has 0 aliphatic heterocycles. The first-order chi connectivity index (χ1) is 16.1. The van der Waals surface area contributed by atoms with Crippen molar-refractivity contribution in [1.82, 2.24) is 0 Å². The van der Waals surface area contributed by atoms with Gasteiger partial charge in [-0.2, -0.15) is 5.26 Å². The van der Waals surface area contributed by atoms with Crippen LogP contribution < -0.4 is 0 Å². The zero-order valence-corrected chi connectivity index (χ0v) is 23.3. The van der Waals surface area contributed by atoms with Crippen molar-refractivity contribution in [3.63, 3.8) is 0 Å². The van der Waals surface area contributed by atoms with E-state index in [1.54, 1.807) is 18.2 Å². The molecule has 5 nitrogen and oxygen atoms in total. The summed E-state index contributed by atoms with van der Waals surface area (Å²) in [4.78, 5) is -0.106. The Balaban J connectivity index is 0.000000712. The average Bonchev–Trinajstić information content (AvgIpc) is 2.78. The third-order valence-corrected chi connectivity index (χ3v) is 7.28. The van der Waals surface area contributed by atoms with Crippen LogP contribution in [0.15, 0.2) is 29.2 Å². The molecule has 6 heteroatoms. The lowest BCUT2D eigenvalue weighted by atomic mass is 10.0. The number of hydrogen-bond donors (Lipinski definition) is 0. The molecule has 1 aromatic rings. The molecule has 0 aliphatic rings. The summed E-state index contributed by atoms with van der Waals surface area (Å²) in [7, 11) is -2.05. The largest absolute Gasteiger partial charge is 0.744 e. The van der Waals surface area contributed by atoms with E-state index in [0.717, 1.165) is 4.48 Å². The molecular formula is C28H50N2O3S. The van der Waals surface area contributed by atoms with Gasteiger partial charge in [-0.05, 0) is 43.2 Å². The van der Waals surface area contributed by atoms with E-state index < -0.39 is 10.1 Å². The molecule has 0 aliphatic carbocycles. The number of rotatable bonds is 17. The monoisotopic (exact) mass is 494 g/mol. The summed E-state index contributed by atoms with van der Waals surface area (Å²) in [5.74, 6) is 0.0416. The smallest absolute Gasteiger partial charge is 0.166 e. The highest BCUT2D eigenvalue weighted by Gasteiger charge is 2.19. The molecule has 0 radical (unpaired) electrons. The second-order valence-corrected chi connectivity index (χ2v) is 11.4. The van der Waals surface area contributed by atoms with Gasteiger partial charge >= 0.3 is 0 Å². The Labute approximate surface area is 210 Å². The van der Waals surface area contributed by atoms with Gasteiger partial charge < -0.3 is 9.04 Å². The summed E-state index contributed by atoms with van der Waals surface area (Å²) in [6.45, 7) is 11.3. The molecule has 1 aromatic carbocycles. The molecule has 0 amide bonds. The van der Waals surface area contributed by atoms with Gasteiger partial charge in [0.2, 0.25) is 0 Å². The third-order valence-electron chi connectivity index (χ3n) is 6.37. The molecule has 0 heterocycles. The summed E-state index contributed by atoms with van der Waals surface area (Å²) in [5.41, 5.74) is 0.581. The Kier molecular flexibility index (Phi) is 18.1. The van der Waals surface area contributed by atoms with Crippen LogP contribution in [0, 0.1) is 11.3 Å². The van der Waals surface area contributed by atoms with Gasteiger partial charge in [-0.25, -0.2) is 8.42 Å². The van der Waals surface area contributed by atoms with E-state index in [2.05, 4.69) is 27.0 Å². The van der Waals surface area contributed by atoms with Crippen LogP contribution in [0.2, 0.25) is 0 Å². The summed E-state index contributed by atoms with van der Waals surface area (Å²) in [6.07, 6.45) is 16.2. The Morgan fingerprint density at radius 2 is 1.29 bits per heavy atom. The van der Waals surface area contributed by atoms with Crippen LogP contribution >= 0.6 is 0 Å². The van der Waals surface area contributed by atoms with E-state index in [0.29, 0.717) is 12.1 Å². The van der Waals surface area contributed by atoms with Crippen molar-refractivity contribution in [2.75, 3.05) is 26.7 Å². The molecule has 34 heavy (non-hydrogen) atoms. The van der Waals surface area contributed by atoms with Crippen LogP contribution in [0.25, 0.3) is 0 Å². The minimum Gasteiger partial charge on any atom is -0.744 e. The van der Waals surface area contributed by atoms with Gasteiger partial charge in [0.05, 0.1) is 25.0 Å². The number of unbranched alkanes of at least 4 members (excludes halogenated alkanes) is 10. The van der Waals surface area contributed by atoms with E-state index in [9.17, 15) is 13.0 Å². The maximum Gasteiger partial charge on any atom is 0.166 e. The van der Waals surface area contributed by atoms with E-state index in [4.69, 9.17) is 5.26 Å². The van der Waals surface area contributed by atoms with Crippen LogP contribution in [-0.2, 0) is 10.1 Å². The lowest BCUT2D eigenvalue weighted by Crippen LogP contribution is -2.45. The Hall–Kier alpha value is -1.42. The van der Waals surface area contributed by atoms with Gasteiger partial charge in [-0.15, -0.1) is 0 Å². The molecular weight excluding hydrogens is 444 g/mol. The number of benzene rings is 1. The average molecular weight is 495 g/mol. The minimum atomic E-state index is -4.33. The van der Waals surface area contributed by atoms with Gasteiger partial charge in [0.1, 0.15) is 16.2 Å². The van der Waals surface area contributed by atoms with Crippen LogP contribution in [0.1, 0.15) is 116 Å². The van der Waals surface area contributed by atoms with Crippen molar-refractivity contribution in [1.29, 1.82) is 5.26 Å². The molecule has 0 atom stereocenters. The zero-order valence-electron chi connectivity index (χ0n) is 22.5. The maximum absolute atomic E-state index is 10.8. The fourth-order valence-corrected chi connectivity index (χ4v) is 5.01. The van der Waals surface area contributed by atoms with E-state index in [1.807, 2.05) is 13.8 Å². The number of nitrogens with zero attached hydrogens (tertiary/aromatic N) is 2. The first kappa shape index (κ1) is 32.6. The maximum atomic E-state index is 10.8. The topological polar surface area (TPSA) is 81.0 Å². The van der Waals surface area contributed by atoms with Gasteiger partial charge in [-0.1, -0.05) is 97.3 Å². The molecule has 0 spiro atoms. The van der Waals surface area contributed by atoms with Gasteiger partial charge in [0, 0.05) is 0 Å². The molecule has 0 fully saturated rings. The van der Waals surface area contributed by atoms with Crippen molar-refractivity contribution in [3.05, 3.63) is 29.8 Å². The summed E-state index contributed by atoms with van der Waals surface area (Å²) < 4.78 is 33.4. The number of hydrogen-bond acceptors (Lipinski definition) is 4. The highest BCUT2D eigenvalue weighted by atomic mass is 32.2. The molecule has 0 N–H and O–H groups in total. The van der Waals surface area contributed by atoms with Crippen LogP contribution in [0.3, 0.4) is 0 Å².